The van der Waals surface area contributed by atoms with Gasteiger partial charge in [0.2, 0.25) is 5.71 Å². The molecular formula is C56H33N7O. The van der Waals surface area contributed by atoms with Gasteiger partial charge in [0.15, 0.2) is 28.9 Å². The molecular weight excluding hydrogens is 787 g/mol. The maximum absolute atomic E-state index is 6.39. The van der Waals surface area contributed by atoms with E-state index in [1.807, 2.05) is 66.7 Å². The number of pyridine rings is 1. The normalized spacial score (nSPS) is 11.8. The van der Waals surface area contributed by atoms with Crippen molar-refractivity contribution in [2.45, 2.75) is 0 Å². The van der Waals surface area contributed by atoms with Gasteiger partial charge in [-0.15, -0.1) is 0 Å². The van der Waals surface area contributed by atoms with Crippen molar-refractivity contribution in [1.82, 2.24) is 34.5 Å². The van der Waals surface area contributed by atoms with E-state index in [0.717, 1.165) is 60.7 Å². The standard InChI is InChI=1S/C56H33N7O/c1-2-12-34(13-3-1)53-60-54(62-55(61-53)41-16-10-17-43(33-41)63-47-21-8-6-18-44(47)45-19-7-9-22-48(45)63)36-25-23-35(24-26-36)52-58-49(51-50(59-52)46-20-11-29-57-56(46)64-51)40-28-27-39-30-37-14-4-5-15-38(37)31-42(39)32-40/h1-33H. The van der Waals surface area contributed by atoms with Crippen molar-refractivity contribution < 1.29 is 4.42 Å². The van der Waals surface area contributed by atoms with Gasteiger partial charge in [-0.1, -0.05) is 140 Å². The molecule has 64 heavy (non-hydrogen) atoms. The number of aromatic nitrogens is 7. The highest BCUT2D eigenvalue weighted by Crippen LogP contribution is 2.38. The molecule has 0 aliphatic carbocycles. The first-order valence-corrected chi connectivity index (χ1v) is 21.2. The molecule has 0 atom stereocenters. The second-order valence-corrected chi connectivity index (χ2v) is 16.0. The first-order valence-electron chi connectivity index (χ1n) is 21.2. The van der Waals surface area contributed by atoms with Gasteiger partial charge in [-0.2, -0.15) is 0 Å². The molecule has 0 radical (unpaired) electrons. The number of hydrogen-bond donors (Lipinski definition) is 0. The minimum atomic E-state index is 0.521. The molecule has 298 valence electrons. The van der Waals surface area contributed by atoms with Crippen LogP contribution in [-0.4, -0.2) is 34.5 Å². The van der Waals surface area contributed by atoms with Gasteiger partial charge in [-0.05, 0) is 76.1 Å². The predicted octanol–water partition coefficient (Wildman–Crippen LogP) is 13.7. The largest absolute Gasteiger partial charge is 0.434 e. The molecule has 0 saturated heterocycles. The van der Waals surface area contributed by atoms with Crippen LogP contribution in [0.1, 0.15) is 0 Å². The molecule has 8 nitrogen and oxygen atoms in total. The minimum Gasteiger partial charge on any atom is -0.434 e. The highest BCUT2D eigenvalue weighted by atomic mass is 16.3. The van der Waals surface area contributed by atoms with Crippen LogP contribution in [0.4, 0.5) is 0 Å². The lowest BCUT2D eigenvalue weighted by atomic mass is 10.00. The Labute approximate surface area is 365 Å². The zero-order chi connectivity index (χ0) is 42.1. The van der Waals surface area contributed by atoms with Crippen LogP contribution in [0.15, 0.2) is 205 Å². The van der Waals surface area contributed by atoms with E-state index in [2.05, 4.69) is 137 Å². The summed E-state index contributed by atoms with van der Waals surface area (Å²) < 4.78 is 8.70. The first-order chi connectivity index (χ1) is 31.7. The Balaban J connectivity index is 0.925. The van der Waals surface area contributed by atoms with E-state index < -0.39 is 0 Å². The number of fused-ring (bicyclic) bond motifs is 8. The van der Waals surface area contributed by atoms with Crippen molar-refractivity contribution >= 4 is 65.6 Å². The molecule has 13 rings (SSSR count). The molecule has 8 heteroatoms. The van der Waals surface area contributed by atoms with E-state index in [4.69, 9.17) is 29.3 Å². The maximum atomic E-state index is 6.39. The van der Waals surface area contributed by atoms with Crippen LogP contribution in [0.25, 0.3) is 128 Å². The number of rotatable bonds is 6. The summed E-state index contributed by atoms with van der Waals surface area (Å²) in [5.74, 6) is 2.31. The highest BCUT2D eigenvalue weighted by Gasteiger charge is 2.20. The van der Waals surface area contributed by atoms with Gasteiger partial charge < -0.3 is 8.98 Å². The third kappa shape index (κ3) is 5.92. The minimum absolute atomic E-state index is 0.521. The van der Waals surface area contributed by atoms with Crippen molar-refractivity contribution in [3.63, 3.8) is 0 Å². The summed E-state index contributed by atoms with van der Waals surface area (Å²) in [6.45, 7) is 0. The number of hydrogen-bond acceptors (Lipinski definition) is 7. The fourth-order valence-corrected chi connectivity index (χ4v) is 8.99. The Bertz CT molecular complexity index is 3920. The molecule has 0 aliphatic rings. The smallest absolute Gasteiger partial charge is 0.229 e. The Morgan fingerprint density at radius 2 is 0.906 bits per heavy atom. The van der Waals surface area contributed by atoms with E-state index in [1.54, 1.807) is 6.20 Å². The van der Waals surface area contributed by atoms with Gasteiger partial charge in [0.05, 0.1) is 16.4 Å². The Morgan fingerprint density at radius 1 is 0.359 bits per heavy atom. The van der Waals surface area contributed by atoms with Crippen molar-refractivity contribution in [3.05, 3.63) is 200 Å². The lowest BCUT2D eigenvalue weighted by molar-refractivity contribution is 0.652. The van der Waals surface area contributed by atoms with E-state index in [-0.39, 0.29) is 0 Å². The van der Waals surface area contributed by atoms with E-state index in [9.17, 15) is 0 Å². The molecule has 5 aromatic heterocycles. The summed E-state index contributed by atoms with van der Waals surface area (Å²) in [6, 6.07) is 66.9. The van der Waals surface area contributed by atoms with Crippen LogP contribution in [-0.2, 0) is 0 Å². The molecule has 0 amide bonds. The van der Waals surface area contributed by atoms with Crippen molar-refractivity contribution in [1.29, 1.82) is 0 Å². The van der Waals surface area contributed by atoms with Crippen molar-refractivity contribution in [2.24, 2.45) is 0 Å². The molecule has 0 spiro atoms. The molecule has 13 aromatic rings. The first kappa shape index (κ1) is 35.8. The molecule has 0 N–H and O–H groups in total. The Morgan fingerprint density at radius 3 is 1.62 bits per heavy atom. The Kier molecular flexibility index (Phi) is 8.04. The summed E-state index contributed by atoms with van der Waals surface area (Å²) in [4.78, 5) is 30.1. The number of nitrogens with zero attached hydrogens (tertiary/aromatic N) is 7. The molecule has 0 saturated carbocycles. The molecule has 0 unspecified atom stereocenters. The Hall–Kier alpha value is -8.88. The number of furan rings is 1. The van der Waals surface area contributed by atoms with Gasteiger partial charge in [0.25, 0.3) is 0 Å². The lowest BCUT2D eigenvalue weighted by Crippen LogP contribution is -2.01. The zero-order valence-corrected chi connectivity index (χ0v) is 34.1. The van der Waals surface area contributed by atoms with Crippen LogP contribution in [0.3, 0.4) is 0 Å². The summed E-state index contributed by atoms with van der Waals surface area (Å²) in [6.07, 6.45) is 1.73. The molecule has 5 heterocycles. The van der Waals surface area contributed by atoms with Crippen LogP contribution in [0.2, 0.25) is 0 Å². The van der Waals surface area contributed by atoms with Crippen molar-refractivity contribution in [3.8, 4) is 62.5 Å². The van der Waals surface area contributed by atoms with Crippen molar-refractivity contribution in [2.75, 3.05) is 0 Å². The van der Waals surface area contributed by atoms with Crippen LogP contribution < -0.4 is 0 Å². The highest BCUT2D eigenvalue weighted by molar-refractivity contribution is 6.10. The average molecular weight is 820 g/mol. The molecule has 0 aliphatic heterocycles. The number of benzene rings is 8. The van der Waals surface area contributed by atoms with E-state index >= 15 is 0 Å². The third-order valence-corrected chi connectivity index (χ3v) is 12.1. The summed E-state index contributed by atoms with van der Waals surface area (Å²) in [7, 11) is 0. The van der Waals surface area contributed by atoms with Crippen LogP contribution in [0.5, 0.6) is 0 Å². The topological polar surface area (TPSA) is 95.4 Å². The summed E-state index contributed by atoms with van der Waals surface area (Å²) in [5.41, 5.74) is 10.2. The second kappa shape index (κ2) is 14.4. The third-order valence-electron chi connectivity index (χ3n) is 12.1. The second-order valence-electron chi connectivity index (χ2n) is 16.0. The van der Waals surface area contributed by atoms with Gasteiger partial charge >= 0.3 is 0 Å². The summed E-state index contributed by atoms with van der Waals surface area (Å²) in [5, 5.41) is 7.91. The maximum Gasteiger partial charge on any atom is 0.229 e. The summed E-state index contributed by atoms with van der Waals surface area (Å²) >= 11 is 0. The molecule has 0 fully saturated rings. The van der Waals surface area contributed by atoms with Gasteiger partial charge in [-0.25, -0.2) is 29.9 Å². The monoisotopic (exact) mass is 819 g/mol. The fourth-order valence-electron chi connectivity index (χ4n) is 8.99. The van der Waals surface area contributed by atoms with E-state index in [1.165, 1.54) is 21.5 Å². The fraction of sp³-hybridized carbons (Fsp3) is 0. The van der Waals surface area contributed by atoms with Gasteiger partial charge in [0, 0.05) is 50.5 Å². The lowest BCUT2D eigenvalue weighted by Gasteiger charge is -2.12. The average Bonchev–Trinajstić information content (AvgIpc) is 3.91. The van der Waals surface area contributed by atoms with Crippen LogP contribution >= 0.6 is 0 Å². The van der Waals surface area contributed by atoms with Gasteiger partial charge in [0.1, 0.15) is 11.2 Å². The van der Waals surface area contributed by atoms with E-state index in [0.29, 0.717) is 45.8 Å². The SMILES string of the molecule is c1ccc(-c2nc(-c3ccc(-c4nc(-c5ccc6cc7ccccc7cc6c5)c5oc6ncccc6c5n4)cc3)nc(-c3cccc(-n4c5ccccc5c5ccccc54)c3)n2)cc1. The quantitative estimate of drug-likeness (QED) is 0.154. The van der Waals surface area contributed by atoms with Crippen LogP contribution in [0, 0.1) is 0 Å². The molecule has 8 aromatic carbocycles. The number of para-hydroxylation sites is 2. The molecule has 0 bridgehead atoms. The van der Waals surface area contributed by atoms with Gasteiger partial charge in [-0.3, -0.25) is 0 Å². The predicted molar refractivity (Wildman–Crippen MR) is 257 cm³/mol. The zero-order valence-electron chi connectivity index (χ0n) is 34.1.